The summed E-state index contributed by atoms with van der Waals surface area (Å²) in [6.45, 7) is 4.48. The maximum atomic E-state index is 12.5. The molecule has 0 aromatic heterocycles. The van der Waals surface area contributed by atoms with Crippen molar-refractivity contribution in [3.63, 3.8) is 0 Å². The van der Waals surface area contributed by atoms with Gasteiger partial charge >= 0.3 is 12.0 Å². The van der Waals surface area contributed by atoms with Crippen molar-refractivity contribution in [2.45, 2.75) is 20.3 Å². The zero-order valence-corrected chi connectivity index (χ0v) is 13.2. The molecule has 1 saturated heterocycles. The van der Waals surface area contributed by atoms with Crippen LogP contribution in [0.3, 0.4) is 0 Å². The van der Waals surface area contributed by atoms with Crippen molar-refractivity contribution in [3.05, 3.63) is 65.4 Å². The second kappa shape index (κ2) is 7.45. The Morgan fingerprint density at radius 1 is 1.30 bits per heavy atom. The molecular formula is C18H20N2O3. The highest BCUT2D eigenvalue weighted by atomic mass is 16.4. The van der Waals surface area contributed by atoms with E-state index in [1.807, 2.05) is 38.2 Å². The molecule has 0 unspecified atom stereocenters. The van der Waals surface area contributed by atoms with Crippen LogP contribution in [0.25, 0.3) is 0 Å². The van der Waals surface area contributed by atoms with Crippen LogP contribution in [-0.2, 0) is 0 Å². The van der Waals surface area contributed by atoms with E-state index in [1.165, 1.54) is 12.1 Å². The first-order valence-corrected chi connectivity index (χ1v) is 7.47. The summed E-state index contributed by atoms with van der Waals surface area (Å²) in [7, 11) is 0. The van der Waals surface area contributed by atoms with E-state index in [-0.39, 0.29) is 11.6 Å². The first-order chi connectivity index (χ1) is 11.1. The predicted octanol–water partition coefficient (Wildman–Crippen LogP) is 4.03. The number of nitrogens with one attached hydrogen (secondary N) is 1. The second-order valence-electron chi connectivity index (χ2n) is 5.11. The van der Waals surface area contributed by atoms with Crippen molar-refractivity contribution in [2.75, 3.05) is 11.9 Å². The molecule has 1 fully saturated rings. The normalized spacial score (nSPS) is 18.1. The monoisotopic (exact) mass is 312 g/mol. The largest absolute Gasteiger partial charge is 0.478 e. The minimum absolute atomic E-state index is 0.142. The summed E-state index contributed by atoms with van der Waals surface area (Å²) in [5.41, 5.74) is 2.60. The SMILES string of the molecule is C/C=C1/CCN(C(=O)Nc2cccc(C(=O)O)c2)/C1=C/C=C/C. The summed E-state index contributed by atoms with van der Waals surface area (Å²) < 4.78 is 0. The van der Waals surface area contributed by atoms with Crippen molar-refractivity contribution >= 4 is 17.7 Å². The molecule has 1 aromatic rings. The molecule has 0 radical (unpaired) electrons. The lowest BCUT2D eigenvalue weighted by Crippen LogP contribution is -2.31. The van der Waals surface area contributed by atoms with Gasteiger partial charge in [-0.25, -0.2) is 9.59 Å². The summed E-state index contributed by atoms with van der Waals surface area (Å²) >= 11 is 0. The number of aromatic carboxylic acids is 1. The maximum Gasteiger partial charge on any atom is 0.335 e. The van der Waals surface area contributed by atoms with Gasteiger partial charge in [-0.15, -0.1) is 0 Å². The highest BCUT2D eigenvalue weighted by molar-refractivity contribution is 5.94. The minimum Gasteiger partial charge on any atom is -0.478 e. The van der Waals surface area contributed by atoms with Crippen molar-refractivity contribution < 1.29 is 14.7 Å². The number of nitrogens with zero attached hydrogens (tertiary/aromatic N) is 1. The van der Waals surface area contributed by atoms with E-state index in [0.29, 0.717) is 12.2 Å². The molecule has 1 heterocycles. The third kappa shape index (κ3) is 3.88. The van der Waals surface area contributed by atoms with Gasteiger partial charge in [-0.2, -0.15) is 0 Å². The van der Waals surface area contributed by atoms with Gasteiger partial charge < -0.3 is 10.4 Å². The third-order valence-electron chi connectivity index (χ3n) is 3.63. The van der Waals surface area contributed by atoms with Crippen molar-refractivity contribution in [2.24, 2.45) is 0 Å². The van der Waals surface area contributed by atoms with E-state index < -0.39 is 5.97 Å². The highest BCUT2D eigenvalue weighted by Crippen LogP contribution is 2.28. The first-order valence-electron chi connectivity index (χ1n) is 7.47. The molecule has 5 heteroatoms. The average molecular weight is 312 g/mol. The van der Waals surface area contributed by atoms with Crippen LogP contribution in [0.2, 0.25) is 0 Å². The summed E-state index contributed by atoms with van der Waals surface area (Å²) in [6.07, 6.45) is 8.53. The molecule has 0 atom stereocenters. The van der Waals surface area contributed by atoms with Gasteiger partial charge in [0, 0.05) is 17.9 Å². The Morgan fingerprint density at radius 2 is 2.09 bits per heavy atom. The number of urea groups is 1. The molecule has 1 aliphatic heterocycles. The molecule has 0 aliphatic carbocycles. The van der Waals surface area contributed by atoms with Gasteiger partial charge in [0.05, 0.1) is 5.56 Å². The zero-order chi connectivity index (χ0) is 16.8. The van der Waals surface area contributed by atoms with Gasteiger partial charge in [0.2, 0.25) is 0 Å². The fourth-order valence-corrected chi connectivity index (χ4v) is 2.46. The Hall–Kier alpha value is -2.82. The van der Waals surface area contributed by atoms with Crippen LogP contribution in [0.4, 0.5) is 10.5 Å². The van der Waals surface area contributed by atoms with Crippen molar-refractivity contribution in [1.29, 1.82) is 0 Å². The van der Waals surface area contributed by atoms with Gasteiger partial charge in [-0.3, -0.25) is 4.90 Å². The number of carbonyl (C=O) groups is 2. The van der Waals surface area contributed by atoms with E-state index >= 15 is 0 Å². The Balaban J connectivity index is 2.20. The molecule has 2 rings (SSSR count). The van der Waals surface area contributed by atoms with Crippen LogP contribution in [0.15, 0.2) is 59.8 Å². The van der Waals surface area contributed by atoms with Crippen molar-refractivity contribution in [1.82, 2.24) is 4.90 Å². The third-order valence-corrected chi connectivity index (χ3v) is 3.63. The Morgan fingerprint density at radius 3 is 2.74 bits per heavy atom. The molecular weight excluding hydrogens is 292 g/mol. The number of carboxylic acids is 1. The molecule has 1 aromatic carbocycles. The topological polar surface area (TPSA) is 69.6 Å². The van der Waals surface area contributed by atoms with Crippen LogP contribution in [-0.4, -0.2) is 28.6 Å². The highest BCUT2D eigenvalue weighted by Gasteiger charge is 2.26. The van der Waals surface area contributed by atoms with Gasteiger partial charge in [-0.1, -0.05) is 24.3 Å². The minimum atomic E-state index is -1.02. The van der Waals surface area contributed by atoms with Crippen LogP contribution in [0.1, 0.15) is 30.6 Å². The van der Waals surface area contributed by atoms with Crippen LogP contribution < -0.4 is 5.32 Å². The number of carbonyl (C=O) groups excluding carboxylic acids is 1. The lowest BCUT2D eigenvalue weighted by molar-refractivity contribution is 0.0697. The summed E-state index contributed by atoms with van der Waals surface area (Å²) in [5, 5.41) is 11.8. The number of carboxylic acid groups (broad SMARTS) is 1. The second-order valence-corrected chi connectivity index (χ2v) is 5.11. The van der Waals surface area contributed by atoms with Gasteiger partial charge in [0.15, 0.2) is 0 Å². The Kier molecular flexibility index (Phi) is 5.36. The lowest BCUT2D eigenvalue weighted by atomic mass is 10.1. The number of rotatable bonds is 3. The van der Waals surface area contributed by atoms with Crippen LogP contribution >= 0.6 is 0 Å². The van der Waals surface area contributed by atoms with Gasteiger partial charge in [0.25, 0.3) is 0 Å². The molecule has 0 bridgehead atoms. The molecule has 2 N–H and O–H groups in total. The number of amides is 2. The van der Waals surface area contributed by atoms with Crippen LogP contribution in [0, 0.1) is 0 Å². The standard InChI is InChI=1S/C18H20N2O3/c1-3-5-9-16-13(4-2)10-11-20(16)18(23)19-15-8-6-7-14(12-15)17(21)22/h3-9,12H,10-11H2,1-2H3,(H,19,23)(H,21,22)/b5-3+,13-4-,16-9+. The van der Waals surface area contributed by atoms with E-state index in [4.69, 9.17) is 5.11 Å². The number of anilines is 1. The fourth-order valence-electron chi connectivity index (χ4n) is 2.46. The van der Waals surface area contributed by atoms with Crippen LogP contribution in [0.5, 0.6) is 0 Å². The molecule has 2 amide bonds. The quantitative estimate of drug-likeness (QED) is 0.885. The molecule has 120 valence electrons. The van der Waals surface area contributed by atoms with Gasteiger partial charge in [-0.05, 0) is 50.1 Å². The average Bonchev–Trinajstić information content (AvgIpc) is 2.96. The fraction of sp³-hybridized carbons (Fsp3) is 0.222. The predicted molar refractivity (Wildman–Crippen MR) is 90.4 cm³/mol. The summed E-state index contributed by atoms with van der Waals surface area (Å²) in [6, 6.07) is 5.95. The number of hydrogen-bond acceptors (Lipinski definition) is 2. The molecule has 0 saturated carbocycles. The van der Waals surface area contributed by atoms with Crippen molar-refractivity contribution in [3.8, 4) is 0 Å². The molecule has 1 aliphatic rings. The van der Waals surface area contributed by atoms with E-state index in [1.54, 1.807) is 17.0 Å². The number of allylic oxidation sites excluding steroid dienone is 5. The first kappa shape index (κ1) is 16.5. The van der Waals surface area contributed by atoms with Gasteiger partial charge in [0.1, 0.15) is 0 Å². The number of hydrogen-bond donors (Lipinski definition) is 2. The van der Waals surface area contributed by atoms with E-state index in [0.717, 1.165) is 17.7 Å². The summed E-state index contributed by atoms with van der Waals surface area (Å²) in [4.78, 5) is 25.2. The zero-order valence-electron chi connectivity index (χ0n) is 13.2. The smallest absolute Gasteiger partial charge is 0.335 e. The Bertz CT molecular complexity index is 702. The lowest BCUT2D eigenvalue weighted by Gasteiger charge is -2.19. The molecule has 23 heavy (non-hydrogen) atoms. The van der Waals surface area contributed by atoms with E-state index in [2.05, 4.69) is 5.32 Å². The Labute approximate surface area is 135 Å². The molecule has 0 spiro atoms. The summed E-state index contributed by atoms with van der Waals surface area (Å²) in [5.74, 6) is -1.02. The van der Waals surface area contributed by atoms with E-state index in [9.17, 15) is 9.59 Å². The number of benzene rings is 1. The molecule has 5 nitrogen and oxygen atoms in total. The number of likely N-dealkylation sites (tertiary alicyclic amines) is 1. The maximum absolute atomic E-state index is 12.5.